The number of aliphatic hydroxyl groups excluding tert-OH is 1. The Labute approximate surface area is 118 Å². The molecule has 2 heterocycles. The molecule has 0 amide bonds. The minimum absolute atomic E-state index is 0.0201. The van der Waals surface area contributed by atoms with Crippen molar-refractivity contribution in [2.75, 3.05) is 0 Å². The molecule has 2 N–H and O–H groups in total. The van der Waals surface area contributed by atoms with Crippen LogP contribution in [0.25, 0.3) is 11.0 Å². The average Bonchev–Trinajstić information content (AvgIpc) is 2.54. The summed E-state index contributed by atoms with van der Waals surface area (Å²) in [6, 6.07) is 4.53. The zero-order chi connectivity index (χ0) is 14.9. The highest BCUT2D eigenvalue weighted by Gasteiger charge is 2.58. The summed E-state index contributed by atoms with van der Waals surface area (Å²) in [6.07, 6.45) is -0.962. The molecule has 21 heavy (non-hydrogen) atoms. The molecule has 2 aliphatic rings. The van der Waals surface area contributed by atoms with Crippen LogP contribution in [0, 0.1) is 0 Å². The van der Waals surface area contributed by atoms with Gasteiger partial charge >= 0.3 is 5.97 Å². The third-order valence-electron chi connectivity index (χ3n) is 4.36. The quantitative estimate of drug-likeness (QED) is 0.696. The highest BCUT2D eigenvalue weighted by Crippen LogP contribution is 2.45. The number of carbonyl (C=O) groups excluding carboxylic acids is 1. The van der Waals surface area contributed by atoms with Crippen LogP contribution in [-0.4, -0.2) is 27.9 Å². The van der Waals surface area contributed by atoms with Gasteiger partial charge in [0.25, 0.3) is 0 Å². The van der Waals surface area contributed by atoms with Gasteiger partial charge in [0.15, 0.2) is 0 Å². The predicted molar refractivity (Wildman–Crippen MR) is 71.1 cm³/mol. The van der Waals surface area contributed by atoms with Crippen molar-refractivity contribution < 1.29 is 24.2 Å². The number of phenols is 1. The van der Waals surface area contributed by atoms with Crippen molar-refractivity contribution >= 4 is 16.9 Å². The molecule has 6 heteroatoms. The van der Waals surface area contributed by atoms with Gasteiger partial charge in [0, 0.05) is 6.42 Å². The normalized spacial score (nSPS) is 30.3. The van der Waals surface area contributed by atoms with E-state index < -0.39 is 29.0 Å². The molecule has 2 aromatic rings. The smallest absolute Gasteiger partial charge is 0.317 e. The first-order valence-corrected chi connectivity index (χ1v) is 6.61. The van der Waals surface area contributed by atoms with Crippen molar-refractivity contribution in [1.29, 1.82) is 0 Å². The molecular formula is C15H12O6. The number of rotatable bonds is 0. The van der Waals surface area contributed by atoms with Crippen LogP contribution in [0.5, 0.6) is 5.75 Å². The van der Waals surface area contributed by atoms with Gasteiger partial charge in [-0.25, -0.2) is 0 Å². The third kappa shape index (κ3) is 1.40. The fourth-order valence-electron chi connectivity index (χ4n) is 3.30. The summed E-state index contributed by atoms with van der Waals surface area (Å²) in [4.78, 5) is 24.6. The summed E-state index contributed by atoms with van der Waals surface area (Å²) in [5, 5.41) is 20.1. The van der Waals surface area contributed by atoms with Crippen molar-refractivity contribution in [3.05, 3.63) is 39.7 Å². The topological polar surface area (TPSA) is 97.0 Å². The summed E-state index contributed by atoms with van der Waals surface area (Å²) in [5.41, 5.74) is -1.22. The molecule has 0 saturated carbocycles. The van der Waals surface area contributed by atoms with Crippen molar-refractivity contribution in [2.45, 2.75) is 31.0 Å². The number of esters is 1. The van der Waals surface area contributed by atoms with Crippen LogP contribution in [0.4, 0.5) is 0 Å². The number of carbonyl (C=O) groups is 1. The molecule has 0 spiro atoms. The molecule has 1 aliphatic carbocycles. The summed E-state index contributed by atoms with van der Waals surface area (Å²) < 4.78 is 10.9. The highest BCUT2D eigenvalue weighted by molar-refractivity contribution is 5.88. The van der Waals surface area contributed by atoms with Gasteiger partial charge in [0.2, 0.25) is 5.43 Å². The zero-order valence-electron chi connectivity index (χ0n) is 11.1. The number of hydrogen-bond donors (Lipinski definition) is 2. The molecule has 1 aromatic heterocycles. The maximum absolute atomic E-state index is 12.6. The van der Waals surface area contributed by atoms with E-state index in [0.717, 1.165) is 0 Å². The Kier molecular flexibility index (Phi) is 2.15. The predicted octanol–water partition coefficient (Wildman–Crippen LogP) is 0.815. The van der Waals surface area contributed by atoms with Gasteiger partial charge in [-0.05, 0) is 19.1 Å². The first-order valence-electron chi connectivity index (χ1n) is 6.61. The third-order valence-corrected chi connectivity index (χ3v) is 4.36. The van der Waals surface area contributed by atoms with Gasteiger partial charge in [0.1, 0.15) is 40.1 Å². The van der Waals surface area contributed by atoms with E-state index in [4.69, 9.17) is 9.15 Å². The molecule has 108 valence electrons. The second-order valence-electron chi connectivity index (χ2n) is 5.75. The van der Waals surface area contributed by atoms with Crippen LogP contribution < -0.4 is 5.43 Å². The number of ether oxygens (including phenoxy) is 1. The van der Waals surface area contributed by atoms with Crippen LogP contribution >= 0.6 is 0 Å². The molecule has 0 unspecified atom stereocenters. The van der Waals surface area contributed by atoms with Crippen molar-refractivity contribution in [3.8, 4) is 5.75 Å². The lowest BCUT2D eigenvalue weighted by Crippen LogP contribution is -2.45. The Bertz CT molecular complexity index is 851. The fraction of sp³-hybridized carbons (Fsp3) is 0.333. The summed E-state index contributed by atoms with van der Waals surface area (Å²) in [6.45, 7) is 1.62. The fourth-order valence-corrected chi connectivity index (χ4v) is 3.30. The van der Waals surface area contributed by atoms with Crippen LogP contribution in [0.15, 0.2) is 27.4 Å². The van der Waals surface area contributed by atoms with E-state index in [1.807, 2.05) is 0 Å². The second kappa shape index (κ2) is 3.65. The molecule has 2 bridgehead atoms. The minimum atomic E-state index is -1.09. The highest BCUT2D eigenvalue weighted by atomic mass is 16.6. The Morgan fingerprint density at radius 3 is 2.86 bits per heavy atom. The molecule has 6 nitrogen and oxygen atoms in total. The molecular weight excluding hydrogens is 276 g/mol. The van der Waals surface area contributed by atoms with E-state index in [2.05, 4.69) is 0 Å². The SMILES string of the molecule is C[C@]12Cc3oc4cccc(O)c4c(=O)c3[C@@H](C(=O)O1)[C@H]2O. The molecule has 4 rings (SSSR count). The van der Waals surface area contributed by atoms with Gasteiger partial charge in [-0.3, -0.25) is 9.59 Å². The number of aliphatic hydroxyl groups is 1. The lowest BCUT2D eigenvalue weighted by atomic mass is 9.77. The molecule has 1 aliphatic heterocycles. The maximum atomic E-state index is 12.6. The summed E-state index contributed by atoms with van der Waals surface area (Å²) in [7, 11) is 0. The number of benzene rings is 1. The van der Waals surface area contributed by atoms with Crippen LogP contribution in [0.1, 0.15) is 24.2 Å². The van der Waals surface area contributed by atoms with E-state index in [1.165, 1.54) is 6.07 Å². The standard InChI is InChI=1S/C15H12O6/c1-15-5-8-10(11(13(15)18)14(19)21-15)12(17)9-6(16)3-2-4-7(9)20-8/h2-4,11,13,16,18H,5H2,1H3/t11-,13-,15-/m1/s1. The van der Waals surface area contributed by atoms with Crippen LogP contribution in [0.2, 0.25) is 0 Å². The van der Waals surface area contributed by atoms with Crippen LogP contribution in [0.3, 0.4) is 0 Å². The largest absolute Gasteiger partial charge is 0.507 e. The molecule has 1 saturated heterocycles. The average molecular weight is 288 g/mol. The van der Waals surface area contributed by atoms with Gasteiger partial charge in [-0.2, -0.15) is 0 Å². The second-order valence-corrected chi connectivity index (χ2v) is 5.75. The van der Waals surface area contributed by atoms with Gasteiger partial charge < -0.3 is 19.4 Å². The van der Waals surface area contributed by atoms with Crippen molar-refractivity contribution in [2.24, 2.45) is 0 Å². The molecule has 0 radical (unpaired) electrons. The lowest BCUT2D eigenvalue weighted by molar-refractivity contribution is -0.149. The van der Waals surface area contributed by atoms with E-state index >= 15 is 0 Å². The van der Waals surface area contributed by atoms with E-state index in [-0.39, 0.29) is 28.7 Å². The summed E-state index contributed by atoms with van der Waals surface area (Å²) in [5.74, 6) is -1.56. The van der Waals surface area contributed by atoms with Crippen molar-refractivity contribution in [3.63, 3.8) is 0 Å². The summed E-state index contributed by atoms with van der Waals surface area (Å²) >= 11 is 0. The Hall–Kier alpha value is -2.34. The minimum Gasteiger partial charge on any atom is -0.507 e. The number of aromatic hydroxyl groups is 1. The molecule has 1 aromatic carbocycles. The van der Waals surface area contributed by atoms with Crippen LogP contribution in [-0.2, 0) is 16.0 Å². The Morgan fingerprint density at radius 2 is 2.10 bits per heavy atom. The van der Waals surface area contributed by atoms with Gasteiger partial charge in [0.05, 0.1) is 5.56 Å². The number of phenolic OH excluding ortho intramolecular Hbond substituents is 1. The number of fused-ring (bicyclic) bond motifs is 5. The number of hydrogen-bond acceptors (Lipinski definition) is 6. The van der Waals surface area contributed by atoms with E-state index in [9.17, 15) is 19.8 Å². The Balaban J connectivity index is 2.12. The molecule has 1 fully saturated rings. The molecule has 3 atom stereocenters. The Morgan fingerprint density at radius 1 is 1.33 bits per heavy atom. The van der Waals surface area contributed by atoms with Crippen molar-refractivity contribution in [1.82, 2.24) is 0 Å². The first-order chi connectivity index (χ1) is 9.92. The van der Waals surface area contributed by atoms with Gasteiger partial charge in [-0.1, -0.05) is 6.07 Å². The van der Waals surface area contributed by atoms with Gasteiger partial charge in [-0.15, -0.1) is 0 Å². The zero-order valence-corrected chi connectivity index (χ0v) is 11.1. The van der Waals surface area contributed by atoms with E-state index in [1.54, 1.807) is 19.1 Å². The lowest BCUT2D eigenvalue weighted by Gasteiger charge is -2.31. The maximum Gasteiger partial charge on any atom is 0.317 e. The first kappa shape index (κ1) is 12.4. The van der Waals surface area contributed by atoms with E-state index in [0.29, 0.717) is 5.76 Å². The monoisotopic (exact) mass is 288 g/mol.